The molecule has 6 heteroatoms. The van der Waals surface area contributed by atoms with Crippen molar-refractivity contribution < 1.29 is 9.15 Å². The van der Waals surface area contributed by atoms with Gasteiger partial charge in [0.1, 0.15) is 16.9 Å². The quantitative estimate of drug-likeness (QED) is 0.152. The molecule has 3 aromatic heterocycles. The SMILES string of the molecule is COc1cc(-c2nc(-c3cccc4c3sc3cccc(-c5cccc(-c6ccccc6)c5)c34)nc(-c3cccc4oc5cccc(-c6ccccc6-c6ccccc6)c5c34)n2)cc2ccccc12. The van der Waals surface area contributed by atoms with Gasteiger partial charge in [-0.2, -0.15) is 0 Å². The first-order valence-electron chi connectivity index (χ1n) is 22.7. The molecule has 10 aromatic carbocycles. The number of nitrogens with zero attached hydrogens (tertiary/aromatic N) is 3. The molecule has 5 nitrogen and oxygen atoms in total. The number of hydrogen-bond acceptors (Lipinski definition) is 6. The standard InChI is InChI=1S/C62H39N3O2S/c1-66-54-37-43(36-41-21-8-9-25-45(41)54)60-63-61(50-30-15-33-53-58(50)57-48(28-14-32-52(57)67-53)47-26-11-10-24-44(47)39-19-6-3-7-20-39)65-62(64-60)51-31-13-29-49-56-46(27-16-34-55(56)68-59(49)51)42-23-12-22-40(35-42)38-17-4-2-5-18-38/h2-37H,1H3. The number of hydrogen-bond donors (Lipinski definition) is 0. The Morgan fingerprint density at radius 1 is 0.368 bits per heavy atom. The Kier molecular flexibility index (Phi) is 9.51. The van der Waals surface area contributed by atoms with E-state index >= 15 is 0 Å². The Morgan fingerprint density at radius 3 is 1.74 bits per heavy atom. The van der Waals surface area contributed by atoms with Gasteiger partial charge in [0.25, 0.3) is 0 Å². The van der Waals surface area contributed by atoms with E-state index in [1.807, 2.05) is 36.4 Å². The maximum absolute atomic E-state index is 6.72. The van der Waals surface area contributed by atoms with Crippen molar-refractivity contribution in [1.29, 1.82) is 0 Å². The number of furan rings is 1. The van der Waals surface area contributed by atoms with E-state index in [-0.39, 0.29) is 0 Å². The second-order valence-electron chi connectivity index (χ2n) is 17.0. The average Bonchev–Trinajstić information content (AvgIpc) is 4.00. The van der Waals surface area contributed by atoms with Crippen molar-refractivity contribution in [2.45, 2.75) is 0 Å². The van der Waals surface area contributed by atoms with E-state index in [9.17, 15) is 0 Å². The molecule has 320 valence electrons. The monoisotopic (exact) mass is 889 g/mol. The van der Waals surface area contributed by atoms with Gasteiger partial charge in [-0.05, 0) is 92.4 Å². The first-order valence-corrected chi connectivity index (χ1v) is 23.5. The van der Waals surface area contributed by atoms with Crippen molar-refractivity contribution in [2.75, 3.05) is 7.11 Å². The Morgan fingerprint density at radius 2 is 0.926 bits per heavy atom. The predicted molar refractivity (Wildman–Crippen MR) is 282 cm³/mol. The van der Waals surface area contributed by atoms with Gasteiger partial charge in [-0.25, -0.2) is 15.0 Å². The fourth-order valence-corrected chi connectivity index (χ4v) is 11.2. The number of rotatable bonds is 8. The van der Waals surface area contributed by atoms with E-state index in [2.05, 4.69) is 182 Å². The largest absolute Gasteiger partial charge is 0.496 e. The Bertz CT molecular complexity index is 4080. The van der Waals surface area contributed by atoms with Gasteiger partial charge in [-0.1, -0.05) is 176 Å². The molecular formula is C62H39N3O2S. The van der Waals surface area contributed by atoms with E-state index in [0.717, 1.165) is 87.5 Å². The highest BCUT2D eigenvalue weighted by atomic mass is 32.1. The van der Waals surface area contributed by atoms with Crippen LogP contribution in [-0.2, 0) is 0 Å². The second-order valence-corrected chi connectivity index (χ2v) is 18.0. The number of fused-ring (bicyclic) bond motifs is 7. The molecule has 0 bridgehead atoms. The average molecular weight is 890 g/mol. The molecule has 0 radical (unpaired) electrons. The summed E-state index contributed by atoms with van der Waals surface area (Å²) in [6.07, 6.45) is 0. The molecule has 3 heterocycles. The fourth-order valence-electron chi connectivity index (χ4n) is 9.95. The van der Waals surface area contributed by atoms with Gasteiger partial charge in [0.15, 0.2) is 17.5 Å². The van der Waals surface area contributed by atoms with Gasteiger partial charge >= 0.3 is 0 Å². The molecule has 0 fully saturated rings. The number of ether oxygens (including phenoxy) is 1. The van der Waals surface area contributed by atoms with Crippen molar-refractivity contribution in [3.05, 3.63) is 218 Å². The maximum Gasteiger partial charge on any atom is 0.165 e. The van der Waals surface area contributed by atoms with Gasteiger partial charge in [-0.3, -0.25) is 0 Å². The molecular weight excluding hydrogens is 851 g/mol. The zero-order valence-electron chi connectivity index (χ0n) is 36.9. The predicted octanol–water partition coefficient (Wildman–Crippen LogP) is 17.0. The van der Waals surface area contributed by atoms with Crippen LogP contribution in [-0.4, -0.2) is 22.1 Å². The van der Waals surface area contributed by atoms with Gasteiger partial charge in [0.2, 0.25) is 0 Å². The highest BCUT2D eigenvalue weighted by Crippen LogP contribution is 2.46. The van der Waals surface area contributed by atoms with Crippen LogP contribution >= 0.6 is 11.3 Å². The highest BCUT2D eigenvalue weighted by Gasteiger charge is 2.23. The molecule has 0 spiro atoms. The van der Waals surface area contributed by atoms with Crippen molar-refractivity contribution >= 4 is 64.2 Å². The normalized spacial score (nSPS) is 11.6. The van der Waals surface area contributed by atoms with E-state index in [4.69, 9.17) is 24.1 Å². The summed E-state index contributed by atoms with van der Waals surface area (Å²) in [6, 6.07) is 76.6. The summed E-state index contributed by atoms with van der Waals surface area (Å²) in [6.45, 7) is 0. The molecule has 0 aliphatic rings. The van der Waals surface area contributed by atoms with Crippen LogP contribution in [0.3, 0.4) is 0 Å². The van der Waals surface area contributed by atoms with Crippen molar-refractivity contribution in [1.82, 2.24) is 15.0 Å². The summed E-state index contributed by atoms with van der Waals surface area (Å²) in [7, 11) is 1.71. The molecule has 0 aliphatic carbocycles. The number of methoxy groups -OCH3 is 1. The van der Waals surface area contributed by atoms with Gasteiger partial charge in [0, 0.05) is 53.0 Å². The molecule has 13 aromatic rings. The molecule has 0 unspecified atom stereocenters. The highest BCUT2D eigenvalue weighted by molar-refractivity contribution is 7.26. The molecule has 0 N–H and O–H groups in total. The summed E-state index contributed by atoms with van der Waals surface area (Å²) in [5, 5.41) is 6.38. The summed E-state index contributed by atoms with van der Waals surface area (Å²) in [5.74, 6) is 2.43. The van der Waals surface area contributed by atoms with Crippen molar-refractivity contribution in [2.24, 2.45) is 0 Å². The van der Waals surface area contributed by atoms with E-state index in [1.165, 1.54) is 32.3 Å². The summed E-state index contributed by atoms with van der Waals surface area (Å²) < 4.78 is 15.0. The van der Waals surface area contributed by atoms with Crippen LogP contribution in [0.15, 0.2) is 223 Å². The first-order chi connectivity index (χ1) is 33.7. The third kappa shape index (κ3) is 6.64. The minimum Gasteiger partial charge on any atom is -0.496 e. The zero-order valence-corrected chi connectivity index (χ0v) is 37.7. The fraction of sp³-hybridized carbons (Fsp3) is 0.0161. The number of aromatic nitrogens is 3. The van der Waals surface area contributed by atoms with Gasteiger partial charge in [0.05, 0.1) is 7.11 Å². The molecule has 0 aliphatic heterocycles. The lowest BCUT2D eigenvalue weighted by atomic mass is 9.91. The number of benzene rings is 10. The molecule has 68 heavy (non-hydrogen) atoms. The van der Waals surface area contributed by atoms with Crippen molar-refractivity contribution in [3.8, 4) is 84.4 Å². The minimum absolute atomic E-state index is 0.546. The van der Waals surface area contributed by atoms with Crippen LogP contribution in [0.1, 0.15) is 0 Å². The van der Waals surface area contributed by atoms with E-state index in [0.29, 0.717) is 17.5 Å². The third-order valence-corrected chi connectivity index (χ3v) is 14.3. The smallest absolute Gasteiger partial charge is 0.165 e. The minimum atomic E-state index is 0.546. The van der Waals surface area contributed by atoms with Crippen LogP contribution in [0.4, 0.5) is 0 Å². The van der Waals surface area contributed by atoms with Gasteiger partial charge < -0.3 is 9.15 Å². The molecule has 0 atom stereocenters. The third-order valence-electron chi connectivity index (χ3n) is 13.0. The van der Waals surface area contributed by atoms with Crippen LogP contribution in [0, 0.1) is 0 Å². The lowest BCUT2D eigenvalue weighted by Crippen LogP contribution is -2.01. The molecule has 0 saturated heterocycles. The summed E-state index contributed by atoms with van der Waals surface area (Å²) >= 11 is 1.77. The number of thiophene rings is 1. The molecule has 0 saturated carbocycles. The Labute approximate surface area is 396 Å². The van der Waals surface area contributed by atoms with E-state index in [1.54, 1.807) is 18.4 Å². The zero-order chi connectivity index (χ0) is 45.1. The molecule has 13 rings (SSSR count). The van der Waals surface area contributed by atoms with Crippen LogP contribution in [0.25, 0.3) is 132 Å². The van der Waals surface area contributed by atoms with Crippen molar-refractivity contribution in [3.63, 3.8) is 0 Å². The second kappa shape index (κ2) is 16.3. The summed E-state index contributed by atoms with van der Waals surface area (Å²) in [4.78, 5) is 16.2. The van der Waals surface area contributed by atoms with Crippen LogP contribution in [0.5, 0.6) is 5.75 Å². The van der Waals surface area contributed by atoms with Crippen LogP contribution < -0.4 is 4.74 Å². The lowest BCUT2D eigenvalue weighted by molar-refractivity contribution is 0.420. The molecule has 0 amide bonds. The lowest BCUT2D eigenvalue weighted by Gasteiger charge is -2.13. The topological polar surface area (TPSA) is 61.0 Å². The summed E-state index contributed by atoms with van der Waals surface area (Å²) in [5.41, 5.74) is 13.4. The van der Waals surface area contributed by atoms with Crippen LogP contribution in [0.2, 0.25) is 0 Å². The first kappa shape index (κ1) is 39.6. The Hall–Kier alpha value is -8.71. The van der Waals surface area contributed by atoms with E-state index < -0.39 is 0 Å². The maximum atomic E-state index is 6.72. The Balaban J connectivity index is 1.05. The van der Waals surface area contributed by atoms with Gasteiger partial charge in [-0.15, -0.1) is 11.3 Å².